The Labute approximate surface area is 109 Å². The van der Waals surface area contributed by atoms with E-state index in [0.29, 0.717) is 13.0 Å². The fraction of sp³-hybridized carbons (Fsp3) is 0.538. The molecule has 2 aromatic heterocycles. The number of nitrogens with zero attached hydrogens (tertiary/aromatic N) is 1. The van der Waals surface area contributed by atoms with Crippen molar-refractivity contribution in [3.63, 3.8) is 0 Å². The SMILES string of the molecule is COCCc1nc2sc3c(c2c(=O)[nH]1)CCCC3. The Morgan fingerprint density at radius 3 is 3.06 bits per heavy atom. The maximum absolute atomic E-state index is 12.2. The predicted octanol–water partition coefficient (Wildman–Crippen LogP) is 2.05. The third-order valence-electron chi connectivity index (χ3n) is 3.42. The summed E-state index contributed by atoms with van der Waals surface area (Å²) < 4.78 is 5.02. The molecule has 0 fully saturated rings. The molecule has 0 unspecified atom stereocenters. The van der Waals surface area contributed by atoms with Gasteiger partial charge in [0, 0.05) is 18.4 Å². The van der Waals surface area contributed by atoms with Crippen LogP contribution in [0.15, 0.2) is 4.79 Å². The van der Waals surface area contributed by atoms with Gasteiger partial charge in [0.2, 0.25) is 0 Å². The predicted molar refractivity (Wildman–Crippen MR) is 72.5 cm³/mol. The molecule has 1 N–H and O–H groups in total. The van der Waals surface area contributed by atoms with Crippen LogP contribution in [-0.4, -0.2) is 23.7 Å². The van der Waals surface area contributed by atoms with Crippen molar-refractivity contribution in [1.29, 1.82) is 0 Å². The monoisotopic (exact) mass is 264 g/mol. The van der Waals surface area contributed by atoms with Gasteiger partial charge < -0.3 is 9.72 Å². The lowest BCUT2D eigenvalue weighted by molar-refractivity contribution is 0.200. The molecule has 0 spiro atoms. The fourth-order valence-corrected chi connectivity index (χ4v) is 3.81. The number of aromatic nitrogens is 2. The number of rotatable bonds is 3. The van der Waals surface area contributed by atoms with Gasteiger partial charge in [-0.3, -0.25) is 4.79 Å². The molecule has 0 atom stereocenters. The minimum absolute atomic E-state index is 0.0190. The highest BCUT2D eigenvalue weighted by molar-refractivity contribution is 7.18. The number of aryl methyl sites for hydroxylation is 2. The van der Waals surface area contributed by atoms with Crippen LogP contribution in [0.3, 0.4) is 0 Å². The molecule has 5 heteroatoms. The molecule has 2 heterocycles. The van der Waals surface area contributed by atoms with Crippen molar-refractivity contribution in [1.82, 2.24) is 9.97 Å². The number of nitrogens with one attached hydrogen (secondary N) is 1. The van der Waals surface area contributed by atoms with Crippen LogP contribution in [0.1, 0.15) is 29.1 Å². The first-order chi connectivity index (χ1) is 8.79. The van der Waals surface area contributed by atoms with E-state index in [0.717, 1.165) is 28.9 Å². The standard InChI is InChI=1S/C13H16N2O2S/c1-17-7-6-10-14-12(16)11-8-4-2-3-5-9(8)18-13(11)15-10/h2-7H2,1H3,(H,14,15,16). The molecule has 0 radical (unpaired) electrons. The number of hydrogen-bond acceptors (Lipinski definition) is 4. The Balaban J connectivity index is 2.11. The van der Waals surface area contributed by atoms with E-state index < -0.39 is 0 Å². The summed E-state index contributed by atoms with van der Waals surface area (Å²) in [7, 11) is 1.65. The smallest absolute Gasteiger partial charge is 0.259 e. The summed E-state index contributed by atoms with van der Waals surface area (Å²) in [6.07, 6.45) is 5.20. The first kappa shape index (κ1) is 11.9. The molecule has 0 amide bonds. The number of ether oxygens (including phenoxy) is 1. The van der Waals surface area contributed by atoms with E-state index in [4.69, 9.17) is 4.74 Å². The van der Waals surface area contributed by atoms with Crippen LogP contribution in [0.5, 0.6) is 0 Å². The van der Waals surface area contributed by atoms with Gasteiger partial charge in [0.25, 0.3) is 5.56 Å². The summed E-state index contributed by atoms with van der Waals surface area (Å²) in [5, 5.41) is 0.830. The molecular weight excluding hydrogens is 248 g/mol. The first-order valence-corrected chi connectivity index (χ1v) is 7.13. The molecule has 0 bridgehead atoms. The molecule has 0 aromatic carbocycles. The summed E-state index contributed by atoms with van der Waals surface area (Å²) in [5.74, 6) is 0.730. The lowest BCUT2D eigenvalue weighted by Gasteiger charge is -2.09. The average molecular weight is 264 g/mol. The molecule has 1 aliphatic carbocycles. The normalized spacial score (nSPS) is 14.9. The van der Waals surface area contributed by atoms with Crippen molar-refractivity contribution in [2.24, 2.45) is 0 Å². The maximum Gasteiger partial charge on any atom is 0.259 e. The van der Waals surface area contributed by atoms with E-state index in [1.165, 1.54) is 23.3 Å². The second kappa shape index (κ2) is 4.82. The highest BCUT2D eigenvalue weighted by atomic mass is 32.1. The third kappa shape index (κ3) is 1.97. The van der Waals surface area contributed by atoms with E-state index >= 15 is 0 Å². The van der Waals surface area contributed by atoms with Gasteiger partial charge in [-0.15, -0.1) is 11.3 Å². The largest absolute Gasteiger partial charge is 0.384 e. The van der Waals surface area contributed by atoms with Gasteiger partial charge in [0.15, 0.2) is 0 Å². The topological polar surface area (TPSA) is 55.0 Å². The maximum atomic E-state index is 12.2. The molecule has 4 nitrogen and oxygen atoms in total. The quantitative estimate of drug-likeness (QED) is 0.923. The Kier molecular flexibility index (Phi) is 3.18. The van der Waals surface area contributed by atoms with Gasteiger partial charge in [0.05, 0.1) is 12.0 Å². The molecule has 18 heavy (non-hydrogen) atoms. The van der Waals surface area contributed by atoms with Crippen molar-refractivity contribution in [3.05, 3.63) is 26.6 Å². The number of aromatic amines is 1. The molecule has 3 rings (SSSR count). The first-order valence-electron chi connectivity index (χ1n) is 6.32. The van der Waals surface area contributed by atoms with Crippen LogP contribution < -0.4 is 5.56 Å². The van der Waals surface area contributed by atoms with Gasteiger partial charge in [-0.1, -0.05) is 0 Å². The molecule has 1 aliphatic rings. The molecule has 96 valence electrons. The van der Waals surface area contributed by atoms with Gasteiger partial charge >= 0.3 is 0 Å². The van der Waals surface area contributed by atoms with Crippen molar-refractivity contribution in [3.8, 4) is 0 Å². The highest BCUT2D eigenvalue weighted by Crippen LogP contribution is 2.33. The number of H-pyrrole nitrogens is 1. The minimum Gasteiger partial charge on any atom is -0.384 e. The number of methoxy groups -OCH3 is 1. The molecule has 0 saturated carbocycles. The van der Waals surface area contributed by atoms with Crippen molar-refractivity contribution < 1.29 is 4.74 Å². The van der Waals surface area contributed by atoms with Gasteiger partial charge in [-0.2, -0.15) is 0 Å². The lowest BCUT2D eigenvalue weighted by atomic mass is 9.97. The second-order valence-electron chi connectivity index (χ2n) is 4.65. The zero-order chi connectivity index (χ0) is 12.5. The van der Waals surface area contributed by atoms with Gasteiger partial charge in [0.1, 0.15) is 10.7 Å². The Morgan fingerprint density at radius 2 is 2.22 bits per heavy atom. The Bertz CT molecular complexity index is 630. The second-order valence-corrected chi connectivity index (χ2v) is 5.73. The lowest BCUT2D eigenvalue weighted by Crippen LogP contribution is -2.14. The van der Waals surface area contributed by atoms with Crippen LogP contribution in [-0.2, 0) is 24.0 Å². The van der Waals surface area contributed by atoms with Crippen molar-refractivity contribution in [2.45, 2.75) is 32.1 Å². The summed E-state index contributed by atoms with van der Waals surface area (Å²) in [6.45, 7) is 0.583. The van der Waals surface area contributed by atoms with Crippen LogP contribution >= 0.6 is 11.3 Å². The van der Waals surface area contributed by atoms with Crippen molar-refractivity contribution >= 4 is 21.6 Å². The summed E-state index contributed by atoms with van der Waals surface area (Å²) in [4.78, 5) is 21.9. The Hall–Kier alpha value is -1.20. The van der Waals surface area contributed by atoms with Crippen LogP contribution in [0.25, 0.3) is 10.2 Å². The van der Waals surface area contributed by atoms with E-state index in [2.05, 4.69) is 9.97 Å². The summed E-state index contributed by atoms with van der Waals surface area (Å²) in [6, 6.07) is 0. The average Bonchev–Trinajstić information content (AvgIpc) is 2.74. The summed E-state index contributed by atoms with van der Waals surface area (Å²) >= 11 is 1.69. The number of thiophene rings is 1. The molecule has 0 aliphatic heterocycles. The van der Waals surface area contributed by atoms with E-state index in [1.807, 2.05) is 0 Å². The molecule has 2 aromatic rings. The van der Waals surface area contributed by atoms with Gasteiger partial charge in [-0.05, 0) is 31.2 Å². The van der Waals surface area contributed by atoms with E-state index in [9.17, 15) is 4.79 Å². The number of fused-ring (bicyclic) bond motifs is 3. The van der Waals surface area contributed by atoms with Crippen LogP contribution in [0.2, 0.25) is 0 Å². The highest BCUT2D eigenvalue weighted by Gasteiger charge is 2.19. The Morgan fingerprint density at radius 1 is 1.39 bits per heavy atom. The van der Waals surface area contributed by atoms with E-state index in [1.54, 1.807) is 18.4 Å². The van der Waals surface area contributed by atoms with Gasteiger partial charge in [-0.25, -0.2) is 4.98 Å². The van der Waals surface area contributed by atoms with Crippen LogP contribution in [0, 0.1) is 0 Å². The van der Waals surface area contributed by atoms with Crippen molar-refractivity contribution in [2.75, 3.05) is 13.7 Å². The zero-order valence-electron chi connectivity index (χ0n) is 10.4. The molecular formula is C13H16N2O2S. The third-order valence-corrected chi connectivity index (χ3v) is 4.60. The minimum atomic E-state index is 0.0190. The number of hydrogen-bond donors (Lipinski definition) is 1. The molecule has 0 saturated heterocycles. The van der Waals surface area contributed by atoms with E-state index in [-0.39, 0.29) is 5.56 Å². The summed E-state index contributed by atoms with van der Waals surface area (Å²) in [5.41, 5.74) is 1.26. The van der Waals surface area contributed by atoms with Crippen LogP contribution in [0.4, 0.5) is 0 Å². The zero-order valence-corrected chi connectivity index (χ0v) is 11.2. The fourth-order valence-electron chi connectivity index (χ4n) is 2.53.